The van der Waals surface area contributed by atoms with Gasteiger partial charge in [-0.05, 0) is 149 Å². The van der Waals surface area contributed by atoms with E-state index in [1.165, 1.54) is 92.6 Å². The molecule has 0 bridgehead atoms. The smallest absolute Gasteiger partial charge is 0.337 e. The van der Waals surface area contributed by atoms with Gasteiger partial charge < -0.3 is 10.0 Å². The van der Waals surface area contributed by atoms with E-state index in [1.807, 2.05) is 12.1 Å². The Balaban J connectivity index is 1.07. The average molecular weight is 956 g/mol. The number of carbonyl (C=O) groups excluding carboxylic acids is 1. The zero-order chi connectivity index (χ0) is 49.3. The Morgan fingerprint density at radius 2 is 1.07 bits per heavy atom. The van der Waals surface area contributed by atoms with Crippen molar-refractivity contribution in [2.75, 3.05) is 9.91 Å². The maximum atomic E-state index is 13.8. The van der Waals surface area contributed by atoms with Crippen molar-refractivity contribution in [1.29, 1.82) is 0 Å². The monoisotopic (exact) mass is 955 g/mol. The summed E-state index contributed by atoms with van der Waals surface area (Å²) in [5, 5.41) is 15.5. The highest BCUT2D eigenvalue weighted by molar-refractivity contribution is 7.16. The minimum Gasteiger partial charge on any atom is -0.478 e. The number of anilines is 4. The molecule has 3 aliphatic rings. The van der Waals surface area contributed by atoms with Crippen LogP contribution >= 0.6 is 11.3 Å². The van der Waals surface area contributed by atoms with Gasteiger partial charge in [0.2, 0.25) is 0 Å². The van der Waals surface area contributed by atoms with Crippen molar-refractivity contribution < 1.29 is 14.7 Å². The van der Waals surface area contributed by atoms with Gasteiger partial charge in [0.15, 0.2) is 0 Å². The number of hydrogen-bond donors (Lipinski definition) is 1. The van der Waals surface area contributed by atoms with Crippen LogP contribution in [0.1, 0.15) is 149 Å². The molecular weight excluding hydrogens is 891 g/mol. The topological polar surface area (TPSA) is 73.2 Å². The van der Waals surface area contributed by atoms with Crippen molar-refractivity contribution in [3.8, 4) is 32.7 Å². The van der Waals surface area contributed by atoms with Crippen molar-refractivity contribution in [1.82, 2.24) is 0 Å². The van der Waals surface area contributed by atoms with E-state index >= 15 is 0 Å². The molecule has 0 unspecified atom stereocenters. The molecule has 10 rings (SSSR count). The van der Waals surface area contributed by atoms with E-state index in [1.54, 1.807) is 36.5 Å². The van der Waals surface area contributed by atoms with Gasteiger partial charge in [0.25, 0.3) is 5.91 Å². The predicted octanol–water partition coefficient (Wildman–Crippen LogP) is 17.7. The summed E-state index contributed by atoms with van der Waals surface area (Å²) in [5.74, 6) is -1.45. The summed E-state index contributed by atoms with van der Waals surface area (Å²) >= 11 is 1.62. The normalized spacial score (nSPS) is 15.4. The molecule has 6 nitrogen and oxygen atoms in total. The molecule has 0 saturated heterocycles. The summed E-state index contributed by atoms with van der Waals surface area (Å²) in [7, 11) is 0. The van der Waals surface area contributed by atoms with Gasteiger partial charge in [-0.2, -0.15) is 10.1 Å². The van der Waals surface area contributed by atoms with Crippen molar-refractivity contribution >= 4 is 57.8 Å². The van der Waals surface area contributed by atoms with Crippen LogP contribution in [0.5, 0.6) is 0 Å². The first-order valence-electron chi connectivity index (χ1n) is 26.1. The second-order valence-corrected chi connectivity index (χ2v) is 21.0. The zero-order valence-electron chi connectivity index (χ0n) is 41.9. The number of carboxylic acids is 1. The number of unbranched alkanes of at least 4 members (excludes halogenated alkanes) is 4. The second kappa shape index (κ2) is 20.1. The number of fused-ring (bicyclic) bond motifs is 6. The van der Waals surface area contributed by atoms with Crippen molar-refractivity contribution in [2.45, 2.75) is 122 Å². The van der Waals surface area contributed by atoms with E-state index < -0.39 is 5.97 Å². The Hall–Kier alpha value is -6.83. The number of amides is 1. The van der Waals surface area contributed by atoms with Crippen molar-refractivity contribution in [3.63, 3.8) is 0 Å². The van der Waals surface area contributed by atoms with Gasteiger partial charge >= 0.3 is 5.97 Å². The van der Waals surface area contributed by atoms with Crippen LogP contribution in [-0.2, 0) is 15.6 Å². The molecule has 0 saturated carbocycles. The third kappa shape index (κ3) is 8.46. The van der Waals surface area contributed by atoms with E-state index in [2.05, 4.69) is 153 Å². The molecule has 2 heterocycles. The lowest BCUT2D eigenvalue weighted by Gasteiger charge is -2.35. The standard InChI is InChI=1S/C64H65N3O3S/c1-6-10-36-63(37-11-7-2)55-23-17-14-20-49(55)51-33-30-46(40-57(51)63)66(47-31-34-52-50-21-15-18-24-56(50)64(38-12-8-3,39-13-9-4)58(52)41-47)45-28-26-44(27-29-45)60-35-32-48(71-60)42-54-43(5)65-67(61(54)68)59-25-19-16-22-53(59)62(69)70/h14-35,40-42H,6-13,36-39H2,1-5H3,(H,69,70)/b54-42-. The second-order valence-electron chi connectivity index (χ2n) is 19.9. The average Bonchev–Trinajstić information content (AvgIpc) is 4.13. The third-order valence-electron chi connectivity index (χ3n) is 15.6. The number of nitrogens with zero attached hydrogens (tertiary/aromatic N) is 3. The molecule has 0 spiro atoms. The maximum Gasteiger partial charge on any atom is 0.337 e. The Kier molecular flexibility index (Phi) is 13.6. The molecule has 0 radical (unpaired) electrons. The first kappa shape index (κ1) is 47.8. The Bertz CT molecular complexity index is 3060. The number of aromatic carboxylic acids is 1. The fourth-order valence-electron chi connectivity index (χ4n) is 12.0. The number of carboxylic acid groups (broad SMARTS) is 1. The van der Waals surface area contributed by atoms with Crippen LogP contribution in [0.3, 0.4) is 0 Å². The lowest BCUT2D eigenvalue weighted by Crippen LogP contribution is -2.26. The fourth-order valence-corrected chi connectivity index (χ4v) is 13.0. The van der Waals surface area contributed by atoms with E-state index in [4.69, 9.17) is 0 Å². The highest BCUT2D eigenvalue weighted by atomic mass is 32.1. The molecular formula is C64H65N3O3S. The molecule has 1 aliphatic heterocycles. The molecule has 0 fully saturated rings. The fraction of sp³-hybridized carbons (Fsp3) is 0.297. The number of hydrazone groups is 1. The van der Waals surface area contributed by atoms with E-state index in [-0.39, 0.29) is 28.0 Å². The summed E-state index contributed by atoms with van der Waals surface area (Å²) < 4.78 is 0. The van der Waals surface area contributed by atoms with Gasteiger partial charge in [-0.15, -0.1) is 11.3 Å². The van der Waals surface area contributed by atoms with Crippen LogP contribution in [0.15, 0.2) is 156 Å². The summed E-state index contributed by atoms with van der Waals surface area (Å²) in [6.45, 7) is 11.1. The quantitative estimate of drug-likeness (QED) is 0.0820. The molecule has 1 amide bonds. The van der Waals surface area contributed by atoms with E-state index in [0.29, 0.717) is 11.3 Å². The zero-order valence-corrected chi connectivity index (χ0v) is 42.7. The predicted molar refractivity (Wildman–Crippen MR) is 297 cm³/mol. The number of hydrogen-bond acceptors (Lipinski definition) is 5. The lowest BCUT2D eigenvalue weighted by atomic mass is 9.70. The van der Waals surface area contributed by atoms with Crippen LogP contribution in [0, 0.1) is 0 Å². The van der Waals surface area contributed by atoms with Gasteiger partial charge in [0.1, 0.15) is 0 Å². The molecule has 360 valence electrons. The van der Waals surface area contributed by atoms with Crippen LogP contribution < -0.4 is 9.91 Å². The number of para-hydroxylation sites is 1. The minimum absolute atomic E-state index is 0.0293. The number of thiophene rings is 1. The number of benzene rings is 6. The van der Waals surface area contributed by atoms with E-state index in [0.717, 1.165) is 72.4 Å². The van der Waals surface area contributed by atoms with E-state index in [9.17, 15) is 14.7 Å². The number of rotatable bonds is 19. The SMILES string of the molecule is CCCCC1(CCCC)c2ccccc2-c2ccc(N(c3ccc(-c4ccc(/C=C5\C(=O)N(c6ccccc6C(=O)O)N=C5C)s4)cc3)c3ccc4c(c3)C(CCCC)(CCCC)c3ccccc3-4)cc21. The van der Waals surface area contributed by atoms with Crippen LogP contribution in [-0.4, -0.2) is 22.7 Å². The molecule has 6 aromatic carbocycles. The van der Waals surface area contributed by atoms with Gasteiger partial charge in [-0.3, -0.25) is 4.79 Å². The Morgan fingerprint density at radius 3 is 1.59 bits per heavy atom. The van der Waals surface area contributed by atoms with Gasteiger partial charge in [0.05, 0.1) is 22.5 Å². The molecule has 7 aromatic rings. The van der Waals surface area contributed by atoms with Crippen molar-refractivity contribution in [3.05, 3.63) is 184 Å². The molecule has 0 atom stereocenters. The molecule has 1 aromatic heterocycles. The van der Waals surface area contributed by atoms with Gasteiger partial charge in [0, 0.05) is 37.6 Å². The largest absolute Gasteiger partial charge is 0.478 e. The van der Waals surface area contributed by atoms with Crippen LogP contribution in [0.2, 0.25) is 0 Å². The molecule has 71 heavy (non-hydrogen) atoms. The summed E-state index contributed by atoms with van der Waals surface area (Å²) in [4.78, 5) is 30.3. The summed E-state index contributed by atoms with van der Waals surface area (Å²) in [6, 6.07) is 52.7. The molecule has 1 N–H and O–H groups in total. The van der Waals surface area contributed by atoms with Gasteiger partial charge in [-0.1, -0.05) is 164 Å². The molecule has 7 heteroatoms. The summed E-state index contributed by atoms with van der Waals surface area (Å²) in [5.41, 5.74) is 17.1. The molecule has 2 aliphatic carbocycles. The van der Waals surface area contributed by atoms with Gasteiger partial charge in [-0.25, -0.2) is 4.79 Å². The highest BCUT2D eigenvalue weighted by Gasteiger charge is 2.44. The van der Waals surface area contributed by atoms with Crippen LogP contribution in [0.25, 0.3) is 38.8 Å². The first-order valence-corrected chi connectivity index (χ1v) is 26.9. The number of carbonyl (C=O) groups is 2. The van der Waals surface area contributed by atoms with Crippen LogP contribution in [0.4, 0.5) is 22.7 Å². The maximum absolute atomic E-state index is 13.8. The highest BCUT2D eigenvalue weighted by Crippen LogP contribution is 2.58. The third-order valence-corrected chi connectivity index (χ3v) is 16.7. The van der Waals surface area contributed by atoms with Crippen molar-refractivity contribution in [2.24, 2.45) is 5.10 Å². The lowest BCUT2D eigenvalue weighted by molar-refractivity contribution is -0.114. The Labute approximate surface area is 424 Å². The minimum atomic E-state index is -1.11. The Morgan fingerprint density at radius 1 is 0.592 bits per heavy atom. The summed E-state index contributed by atoms with van der Waals surface area (Å²) in [6.07, 6.45) is 15.8. The first-order chi connectivity index (χ1) is 34.7.